The van der Waals surface area contributed by atoms with E-state index in [0.29, 0.717) is 6.54 Å². The number of nitrogens with zero attached hydrogens (tertiary/aromatic N) is 2. The minimum atomic E-state index is -4.24. The molecule has 0 saturated carbocycles. The molecule has 3 rings (SSSR count). The van der Waals surface area contributed by atoms with Gasteiger partial charge in [0, 0.05) is 17.6 Å². The van der Waals surface area contributed by atoms with Crippen LogP contribution in [0.25, 0.3) is 0 Å². The molecule has 10 heteroatoms. The van der Waals surface area contributed by atoms with Crippen LogP contribution in [0.15, 0.2) is 82.2 Å². The lowest BCUT2D eigenvalue weighted by molar-refractivity contribution is -0.139. The van der Waals surface area contributed by atoms with Crippen LogP contribution in [0.2, 0.25) is 0 Å². The van der Waals surface area contributed by atoms with Crippen LogP contribution in [-0.4, -0.2) is 44.3 Å². The van der Waals surface area contributed by atoms with E-state index in [4.69, 9.17) is 0 Å². The van der Waals surface area contributed by atoms with Crippen LogP contribution in [0.4, 0.5) is 10.1 Å². The van der Waals surface area contributed by atoms with Crippen molar-refractivity contribution in [1.29, 1.82) is 0 Å². The third kappa shape index (κ3) is 7.41. The molecule has 0 aromatic heterocycles. The number of amides is 2. The average molecular weight is 605 g/mol. The third-order valence-corrected chi connectivity index (χ3v) is 8.24. The molecule has 202 valence electrons. The van der Waals surface area contributed by atoms with Crippen LogP contribution in [-0.2, 0) is 26.2 Å². The van der Waals surface area contributed by atoms with Crippen molar-refractivity contribution in [1.82, 2.24) is 10.2 Å². The van der Waals surface area contributed by atoms with Crippen LogP contribution >= 0.6 is 15.9 Å². The second-order valence-electron chi connectivity index (χ2n) is 8.92. The standard InChI is InChI=1S/C28H31BrFN3O4S/c1-4-16-31-28(35)21(3)32(18-22-6-5-7-23(29)17-22)27(34)19-33(25-12-8-20(2)9-13-25)38(36,37)26-14-10-24(30)11-15-26/h5-15,17,21H,4,16,18-19H2,1-3H3,(H,31,35)/t21-/m1/s1. The number of carbonyl (C=O) groups excluding carboxylic acids is 2. The highest BCUT2D eigenvalue weighted by molar-refractivity contribution is 9.10. The van der Waals surface area contributed by atoms with E-state index < -0.39 is 34.3 Å². The van der Waals surface area contributed by atoms with Gasteiger partial charge >= 0.3 is 0 Å². The first-order valence-electron chi connectivity index (χ1n) is 12.2. The van der Waals surface area contributed by atoms with Gasteiger partial charge in [-0.2, -0.15) is 0 Å². The Bertz CT molecular complexity index is 1370. The van der Waals surface area contributed by atoms with Gasteiger partial charge in [0.25, 0.3) is 10.0 Å². The van der Waals surface area contributed by atoms with E-state index in [2.05, 4.69) is 21.2 Å². The van der Waals surface area contributed by atoms with Crippen molar-refractivity contribution in [3.63, 3.8) is 0 Å². The topological polar surface area (TPSA) is 86.8 Å². The largest absolute Gasteiger partial charge is 0.354 e. The number of aryl methyl sites for hydroxylation is 1. The summed E-state index contributed by atoms with van der Waals surface area (Å²) in [5.41, 5.74) is 1.96. The van der Waals surface area contributed by atoms with E-state index >= 15 is 0 Å². The van der Waals surface area contributed by atoms with E-state index in [0.717, 1.165) is 50.6 Å². The molecule has 7 nitrogen and oxygen atoms in total. The van der Waals surface area contributed by atoms with Crippen LogP contribution in [0.1, 0.15) is 31.4 Å². The second-order valence-corrected chi connectivity index (χ2v) is 11.7. The Morgan fingerprint density at radius 1 is 1.03 bits per heavy atom. The van der Waals surface area contributed by atoms with Crippen LogP contribution in [0, 0.1) is 12.7 Å². The third-order valence-electron chi connectivity index (χ3n) is 5.96. The Hall–Kier alpha value is -3.24. The number of nitrogens with one attached hydrogen (secondary N) is 1. The minimum absolute atomic E-state index is 0.0946. The normalized spacial score (nSPS) is 12.0. The van der Waals surface area contributed by atoms with Gasteiger partial charge in [-0.3, -0.25) is 13.9 Å². The fourth-order valence-electron chi connectivity index (χ4n) is 3.78. The van der Waals surface area contributed by atoms with Gasteiger partial charge in [0.05, 0.1) is 10.6 Å². The average Bonchev–Trinajstić information content (AvgIpc) is 2.89. The molecule has 38 heavy (non-hydrogen) atoms. The quantitative estimate of drug-likeness (QED) is 0.333. The summed E-state index contributed by atoms with van der Waals surface area (Å²) >= 11 is 3.43. The molecule has 0 radical (unpaired) electrons. The summed E-state index contributed by atoms with van der Waals surface area (Å²) in [5, 5.41) is 2.81. The molecule has 0 aliphatic carbocycles. The van der Waals surface area contributed by atoms with Gasteiger partial charge in [0.2, 0.25) is 11.8 Å². The molecule has 0 saturated heterocycles. The highest BCUT2D eigenvalue weighted by Crippen LogP contribution is 2.25. The molecule has 0 unspecified atom stereocenters. The Morgan fingerprint density at radius 2 is 1.68 bits per heavy atom. The van der Waals surface area contributed by atoms with Gasteiger partial charge in [0.15, 0.2) is 0 Å². The second kappa shape index (κ2) is 13.0. The zero-order valence-corrected chi connectivity index (χ0v) is 23.9. The number of rotatable bonds is 11. The van der Waals surface area contributed by atoms with Crippen LogP contribution < -0.4 is 9.62 Å². The fraction of sp³-hybridized carbons (Fsp3) is 0.286. The van der Waals surface area contributed by atoms with Crippen molar-refractivity contribution in [3.05, 3.63) is 94.2 Å². The maximum atomic E-state index is 13.8. The summed E-state index contributed by atoms with van der Waals surface area (Å²) < 4.78 is 42.7. The van der Waals surface area contributed by atoms with Crippen molar-refractivity contribution in [3.8, 4) is 0 Å². The van der Waals surface area contributed by atoms with Crippen molar-refractivity contribution in [2.24, 2.45) is 0 Å². The Balaban J connectivity index is 2.01. The van der Waals surface area contributed by atoms with E-state index in [1.54, 1.807) is 31.2 Å². The Morgan fingerprint density at radius 3 is 2.29 bits per heavy atom. The number of hydrogen-bond donors (Lipinski definition) is 1. The molecule has 0 heterocycles. The predicted molar refractivity (Wildman–Crippen MR) is 150 cm³/mol. The monoisotopic (exact) mass is 603 g/mol. The van der Waals surface area contributed by atoms with Gasteiger partial charge in [-0.25, -0.2) is 12.8 Å². The summed E-state index contributed by atoms with van der Waals surface area (Å²) in [5.74, 6) is -1.47. The number of sulfonamides is 1. The molecule has 0 bridgehead atoms. The minimum Gasteiger partial charge on any atom is -0.354 e. The van der Waals surface area contributed by atoms with E-state index in [-0.39, 0.29) is 23.0 Å². The van der Waals surface area contributed by atoms with Crippen molar-refractivity contribution < 1.29 is 22.4 Å². The zero-order valence-electron chi connectivity index (χ0n) is 21.5. The Kier molecular flexibility index (Phi) is 10.0. The van der Waals surface area contributed by atoms with Gasteiger partial charge < -0.3 is 10.2 Å². The van der Waals surface area contributed by atoms with Crippen LogP contribution in [0.5, 0.6) is 0 Å². The molecule has 0 aliphatic heterocycles. The van der Waals surface area contributed by atoms with E-state index in [9.17, 15) is 22.4 Å². The number of hydrogen-bond acceptors (Lipinski definition) is 4. The molecule has 0 aliphatic rings. The maximum absolute atomic E-state index is 13.8. The van der Waals surface area contributed by atoms with Gasteiger partial charge in [-0.05, 0) is 74.4 Å². The first-order valence-corrected chi connectivity index (χ1v) is 14.4. The molecule has 1 atom stereocenters. The molecule has 0 fully saturated rings. The highest BCUT2D eigenvalue weighted by atomic mass is 79.9. The lowest BCUT2D eigenvalue weighted by Gasteiger charge is -2.32. The molecule has 3 aromatic rings. The molecular formula is C28H31BrFN3O4S. The Labute approximate surface area is 231 Å². The van der Waals surface area contributed by atoms with Crippen molar-refractivity contribution >= 4 is 43.5 Å². The summed E-state index contributed by atoms with van der Waals surface area (Å²) in [6.07, 6.45) is 0.731. The van der Waals surface area contributed by atoms with Crippen molar-refractivity contribution in [2.75, 3.05) is 17.4 Å². The molecule has 1 N–H and O–H groups in total. The summed E-state index contributed by atoms with van der Waals surface area (Å²) in [7, 11) is -4.24. The number of carbonyl (C=O) groups is 2. The molecule has 0 spiro atoms. The first kappa shape index (κ1) is 29.3. The zero-order chi connectivity index (χ0) is 27.9. The lowest BCUT2D eigenvalue weighted by atomic mass is 10.1. The lowest BCUT2D eigenvalue weighted by Crippen LogP contribution is -2.51. The first-order chi connectivity index (χ1) is 18.0. The SMILES string of the molecule is CCCNC(=O)[C@@H](C)N(Cc1cccc(Br)c1)C(=O)CN(c1ccc(C)cc1)S(=O)(=O)c1ccc(F)cc1. The number of halogens is 2. The highest BCUT2D eigenvalue weighted by Gasteiger charge is 2.32. The summed E-state index contributed by atoms with van der Waals surface area (Å²) in [4.78, 5) is 27.9. The maximum Gasteiger partial charge on any atom is 0.264 e. The summed E-state index contributed by atoms with van der Waals surface area (Å²) in [6.45, 7) is 5.40. The predicted octanol–water partition coefficient (Wildman–Crippen LogP) is 5.04. The summed E-state index contributed by atoms with van der Waals surface area (Å²) in [6, 6.07) is 17.6. The van der Waals surface area contributed by atoms with Gasteiger partial charge in [-0.15, -0.1) is 0 Å². The van der Waals surface area contributed by atoms with Crippen molar-refractivity contribution in [2.45, 2.75) is 44.7 Å². The van der Waals surface area contributed by atoms with E-state index in [1.807, 2.05) is 38.1 Å². The number of anilines is 1. The van der Waals surface area contributed by atoms with Crippen LogP contribution in [0.3, 0.4) is 0 Å². The molecule has 3 aromatic carbocycles. The van der Waals surface area contributed by atoms with Gasteiger partial charge in [0.1, 0.15) is 18.4 Å². The molecule has 2 amide bonds. The molecular weight excluding hydrogens is 573 g/mol. The van der Waals surface area contributed by atoms with E-state index in [1.165, 1.54) is 4.90 Å². The fourth-order valence-corrected chi connectivity index (χ4v) is 5.64. The smallest absolute Gasteiger partial charge is 0.264 e. The van der Waals surface area contributed by atoms with Gasteiger partial charge in [-0.1, -0.05) is 52.7 Å². The number of benzene rings is 3.